The number of likely N-dealkylation sites (tertiary alicyclic amines) is 1. The molecule has 0 bridgehead atoms. The maximum atomic E-state index is 14.0. The van der Waals surface area contributed by atoms with Crippen molar-refractivity contribution in [3.8, 4) is 11.5 Å². The number of methoxy groups -OCH3 is 2. The largest absolute Gasteiger partial charge is 0.497 e. The zero-order chi connectivity index (χ0) is 34.8. The summed E-state index contributed by atoms with van der Waals surface area (Å²) in [5.41, 5.74) is 6.49. The van der Waals surface area contributed by atoms with Crippen molar-refractivity contribution in [2.75, 3.05) is 32.0 Å². The number of nitrogens with two attached hydrogens (primary N) is 1. The van der Waals surface area contributed by atoms with E-state index in [1.54, 1.807) is 18.2 Å². The number of ether oxygens (including phenoxy) is 2. The zero-order valence-electron chi connectivity index (χ0n) is 26.8. The lowest BCUT2D eigenvalue weighted by Gasteiger charge is -2.37. The summed E-state index contributed by atoms with van der Waals surface area (Å²) < 4.78 is 22.1. The minimum absolute atomic E-state index is 0.139. The fraction of sp³-hybridized carbons (Fsp3) is 0.394. The van der Waals surface area contributed by atoms with Crippen LogP contribution in [-0.2, 0) is 36.6 Å². The van der Waals surface area contributed by atoms with Crippen LogP contribution >= 0.6 is 19.4 Å². The van der Waals surface area contributed by atoms with Crippen LogP contribution in [0.5, 0.6) is 11.5 Å². The summed E-state index contributed by atoms with van der Waals surface area (Å²) in [6.07, 6.45) is 1.58. The molecule has 0 aliphatic carbocycles. The molecule has 4 rings (SSSR count). The van der Waals surface area contributed by atoms with Crippen LogP contribution in [0.15, 0.2) is 60.7 Å². The Labute approximate surface area is 283 Å². The predicted molar refractivity (Wildman–Crippen MR) is 183 cm³/mol. The molecule has 3 aromatic rings. The van der Waals surface area contributed by atoms with Crippen LogP contribution in [0.3, 0.4) is 0 Å². The van der Waals surface area contributed by atoms with Gasteiger partial charge in [0.2, 0.25) is 23.6 Å². The van der Waals surface area contributed by atoms with Gasteiger partial charge in [-0.05, 0) is 53.3 Å². The first kappa shape index (κ1) is 36.7. The first-order chi connectivity index (χ1) is 22.9. The van der Waals surface area contributed by atoms with Gasteiger partial charge in [0, 0.05) is 24.8 Å². The average molecular weight is 701 g/mol. The highest BCUT2D eigenvalue weighted by Gasteiger charge is 2.37. The van der Waals surface area contributed by atoms with Gasteiger partial charge in [0.15, 0.2) is 0 Å². The van der Waals surface area contributed by atoms with Crippen molar-refractivity contribution in [1.29, 1.82) is 0 Å². The lowest BCUT2D eigenvalue weighted by molar-refractivity contribution is -0.145. The SMILES string of the molecule is COc1cc(CC(=O)NC(CSCP(=O)(O)O)C(=O)N2CCCCC2C(=O)NC(Cc2ccc3ccccc3c2)C(N)=O)cc(OC)c1. The van der Waals surface area contributed by atoms with Gasteiger partial charge in [0.25, 0.3) is 0 Å². The maximum Gasteiger partial charge on any atom is 0.335 e. The minimum atomic E-state index is -4.40. The molecule has 1 fully saturated rings. The molecule has 0 aromatic heterocycles. The van der Waals surface area contributed by atoms with Crippen molar-refractivity contribution in [3.05, 3.63) is 71.8 Å². The molecule has 0 saturated carbocycles. The Morgan fingerprint density at radius 3 is 2.27 bits per heavy atom. The van der Waals surface area contributed by atoms with E-state index in [0.717, 1.165) is 28.1 Å². The summed E-state index contributed by atoms with van der Waals surface area (Å²) in [5.74, 6) is -1.58. The minimum Gasteiger partial charge on any atom is -0.497 e. The summed E-state index contributed by atoms with van der Waals surface area (Å²) in [6, 6.07) is 15.3. The molecule has 0 radical (unpaired) electrons. The molecule has 4 amide bonds. The molecular formula is C33H41N4O9PS. The molecule has 1 saturated heterocycles. The Balaban J connectivity index is 1.50. The third-order valence-corrected chi connectivity index (χ3v) is 10.6. The molecule has 6 N–H and O–H groups in total. The van der Waals surface area contributed by atoms with Crippen LogP contribution in [0.1, 0.15) is 30.4 Å². The smallest absolute Gasteiger partial charge is 0.335 e. The molecular weight excluding hydrogens is 659 g/mol. The maximum absolute atomic E-state index is 14.0. The van der Waals surface area contributed by atoms with Crippen molar-refractivity contribution < 1.29 is 43.0 Å². The summed E-state index contributed by atoms with van der Waals surface area (Å²) in [5, 5.41) is 7.44. The van der Waals surface area contributed by atoms with E-state index in [9.17, 15) is 33.5 Å². The first-order valence-electron chi connectivity index (χ1n) is 15.4. The van der Waals surface area contributed by atoms with Crippen LogP contribution in [0, 0.1) is 0 Å². The molecule has 258 valence electrons. The average Bonchev–Trinajstić information content (AvgIpc) is 3.06. The molecule has 3 aromatic carbocycles. The highest BCUT2D eigenvalue weighted by atomic mass is 32.2. The number of thioether (sulfide) groups is 1. The lowest BCUT2D eigenvalue weighted by Crippen LogP contribution is -2.60. The van der Waals surface area contributed by atoms with Crippen molar-refractivity contribution in [1.82, 2.24) is 15.5 Å². The number of carbonyl (C=O) groups excluding carboxylic acids is 4. The van der Waals surface area contributed by atoms with E-state index in [4.69, 9.17) is 15.2 Å². The predicted octanol–water partition coefficient (Wildman–Crippen LogP) is 2.35. The third kappa shape index (κ3) is 10.4. The Bertz CT molecular complexity index is 1660. The van der Waals surface area contributed by atoms with E-state index < -0.39 is 54.8 Å². The van der Waals surface area contributed by atoms with Crippen LogP contribution in [0.2, 0.25) is 0 Å². The normalized spacial score (nSPS) is 16.1. The number of nitrogens with zero attached hydrogens (tertiary/aromatic N) is 1. The van der Waals surface area contributed by atoms with Crippen LogP contribution in [0.4, 0.5) is 0 Å². The van der Waals surface area contributed by atoms with Crippen molar-refractivity contribution in [2.45, 2.75) is 50.2 Å². The quantitative estimate of drug-likeness (QED) is 0.147. The van der Waals surface area contributed by atoms with Gasteiger partial charge in [-0.1, -0.05) is 42.5 Å². The summed E-state index contributed by atoms with van der Waals surface area (Å²) >= 11 is 0.820. The van der Waals surface area contributed by atoms with Crippen LogP contribution in [0.25, 0.3) is 10.8 Å². The number of carbonyl (C=O) groups is 4. The van der Waals surface area contributed by atoms with E-state index >= 15 is 0 Å². The fourth-order valence-corrected chi connectivity index (χ4v) is 7.46. The summed E-state index contributed by atoms with van der Waals surface area (Å²) in [6.45, 7) is 0.214. The number of hydrogen-bond acceptors (Lipinski definition) is 8. The van der Waals surface area contributed by atoms with Gasteiger partial charge in [-0.25, -0.2) is 0 Å². The Morgan fingerprint density at radius 1 is 0.938 bits per heavy atom. The van der Waals surface area contributed by atoms with Crippen LogP contribution in [-0.4, -0.2) is 88.5 Å². The van der Waals surface area contributed by atoms with Gasteiger partial charge in [-0.3, -0.25) is 23.7 Å². The van der Waals surface area contributed by atoms with Crippen LogP contribution < -0.4 is 25.8 Å². The number of primary amides is 1. The van der Waals surface area contributed by atoms with E-state index in [-0.39, 0.29) is 25.1 Å². The van der Waals surface area contributed by atoms with Gasteiger partial charge in [0.1, 0.15) is 29.6 Å². The van der Waals surface area contributed by atoms with Crippen molar-refractivity contribution in [3.63, 3.8) is 0 Å². The van der Waals surface area contributed by atoms with Crippen molar-refractivity contribution in [2.24, 2.45) is 5.73 Å². The van der Waals surface area contributed by atoms with E-state index in [2.05, 4.69) is 10.6 Å². The second-order valence-electron chi connectivity index (χ2n) is 11.6. The molecule has 1 heterocycles. The summed E-state index contributed by atoms with van der Waals surface area (Å²) in [4.78, 5) is 73.4. The van der Waals surface area contributed by atoms with Gasteiger partial charge in [-0.15, -0.1) is 11.8 Å². The number of rotatable bonds is 15. The molecule has 48 heavy (non-hydrogen) atoms. The molecule has 3 atom stereocenters. The molecule has 15 heteroatoms. The molecule has 3 unspecified atom stereocenters. The fourth-order valence-electron chi connectivity index (χ4n) is 5.62. The number of fused-ring (bicyclic) bond motifs is 1. The second-order valence-corrected chi connectivity index (χ2v) is 14.7. The van der Waals surface area contributed by atoms with Gasteiger partial charge >= 0.3 is 7.60 Å². The molecule has 0 spiro atoms. The van der Waals surface area contributed by atoms with E-state index in [1.807, 2.05) is 42.5 Å². The Kier molecular flexibility index (Phi) is 12.9. The molecule has 1 aliphatic heterocycles. The number of piperidine rings is 1. The zero-order valence-corrected chi connectivity index (χ0v) is 28.5. The number of hydrogen-bond donors (Lipinski definition) is 5. The third-order valence-electron chi connectivity index (χ3n) is 7.96. The second kappa shape index (κ2) is 16.8. The highest BCUT2D eigenvalue weighted by Crippen LogP contribution is 2.38. The van der Waals surface area contributed by atoms with Crippen molar-refractivity contribution >= 4 is 53.8 Å². The first-order valence-corrected chi connectivity index (χ1v) is 18.3. The Hall–Kier alpha value is -4.10. The van der Waals surface area contributed by atoms with Gasteiger partial charge in [-0.2, -0.15) is 0 Å². The van der Waals surface area contributed by atoms with Gasteiger partial charge in [0.05, 0.1) is 26.1 Å². The standard InChI is InChI=1S/C33H41N4O9PS/c1-45-25-14-22(15-26(18-25)46-2)17-30(38)35-28(19-48-20-47(42,43)44)33(41)37-12-6-5-9-29(37)32(40)36-27(31(34)39)16-21-10-11-23-7-3-4-8-24(23)13-21/h3-4,7-8,10-11,13-15,18,27-29H,5-6,9,12,16-17,19-20H2,1-2H3,(H2,34,39)(H,35,38)(H,36,40)(H2,42,43,44). The Morgan fingerprint density at radius 2 is 1.62 bits per heavy atom. The van der Waals surface area contributed by atoms with E-state index in [1.165, 1.54) is 19.1 Å². The number of benzene rings is 3. The lowest BCUT2D eigenvalue weighted by atomic mass is 9.98. The summed E-state index contributed by atoms with van der Waals surface area (Å²) in [7, 11) is -1.44. The topological polar surface area (TPSA) is 198 Å². The monoisotopic (exact) mass is 700 g/mol. The molecule has 13 nitrogen and oxygen atoms in total. The highest BCUT2D eigenvalue weighted by molar-refractivity contribution is 8.04. The number of amides is 4. The van der Waals surface area contributed by atoms with Gasteiger partial charge < -0.3 is 40.5 Å². The molecule has 1 aliphatic rings. The number of nitrogens with one attached hydrogen (secondary N) is 2. The van der Waals surface area contributed by atoms with E-state index in [0.29, 0.717) is 36.3 Å².